The quantitative estimate of drug-likeness (QED) is 0.860. The number of halogens is 2. The first-order valence-corrected chi connectivity index (χ1v) is 6.30. The lowest BCUT2D eigenvalue weighted by atomic mass is 9.95. The average molecular weight is 256 g/mol. The maximum absolute atomic E-state index is 13.5. The highest BCUT2D eigenvalue weighted by molar-refractivity contribution is 6.30. The molecule has 2 rings (SSSR count). The zero-order valence-electron chi connectivity index (χ0n) is 9.51. The summed E-state index contributed by atoms with van der Waals surface area (Å²) >= 11 is 5.64. The van der Waals surface area contributed by atoms with Crippen molar-refractivity contribution in [2.24, 2.45) is 0 Å². The van der Waals surface area contributed by atoms with Crippen LogP contribution in [0, 0.1) is 5.82 Å². The number of hydrogen-bond acceptors (Lipinski definition) is 1. The van der Waals surface area contributed by atoms with Gasteiger partial charge in [-0.15, -0.1) is 0 Å². The van der Waals surface area contributed by atoms with Gasteiger partial charge in [0.05, 0.1) is 5.56 Å². The molecule has 17 heavy (non-hydrogen) atoms. The Balaban J connectivity index is 2.03. The lowest BCUT2D eigenvalue weighted by Gasteiger charge is -2.22. The van der Waals surface area contributed by atoms with Gasteiger partial charge in [0.15, 0.2) is 0 Å². The molecule has 1 aromatic carbocycles. The first-order chi connectivity index (χ1) is 8.16. The molecule has 0 bridgehead atoms. The molecule has 2 nitrogen and oxygen atoms in total. The lowest BCUT2D eigenvalue weighted by molar-refractivity contribution is 0.0923. The average Bonchev–Trinajstić information content (AvgIpc) is 2.30. The van der Waals surface area contributed by atoms with E-state index in [9.17, 15) is 9.18 Å². The third kappa shape index (κ3) is 3.19. The molecule has 1 aliphatic carbocycles. The van der Waals surface area contributed by atoms with Crippen molar-refractivity contribution in [3.63, 3.8) is 0 Å². The SMILES string of the molecule is O=C(NC1CCCCC1)c1ccc(Cl)cc1F. The molecule has 0 spiro atoms. The molecular weight excluding hydrogens is 241 g/mol. The highest BCUT2D eigenvalue weighted by atomic mass is 35.5. The fraction of sp³-hybridized carbons (Fsp3) is 0.462. The van der Waals surface area contributed by atoms with E-state index in [1.807, 2.05) is 0 Å². The third-order valence-corrected chi connectivity index (χ3v) is 3.35. The summed E-state index contributed by atoms with van der Waals surface area (Å²) in [5, 5.41) is 3.18. The van der Waals surface area contributed by atoms with Crippen molar-refractivity contribution >= 4 is 17.5 Å². The number of carbonyl (C=O) groups excluding carboxylic acids is 1. The van der Waals surface area contributed by atoms with E-state index < -0.39 is 5.82 Å². The molecule has 1 N–H and O–H groups in total. The summed E-state index contributed by atoms with van der Waals surface area (Å²) in [7, 11) is 0. The van der Waals surface area contributed by atoms with Crippen LogP contribution < -0.4 is 5.32 Å². The van der Waals surface area contributed by atoms with E-state index in [1.54, 1.807) is 0 Å². The van der Waals surface area contributed by atoms with Crippen LogP contribution in [0.15, 0.2) is 18.2 Å². The molecule has 0 aliphatic heterocycles. The summed E-state index contributed by atoms with van der Waals surface area (Å²) in [5.74, 6) is -0.906. The van der Waals surface area contributed by atoms with Crippen LogP contribution >= 0.6 is 11.6 Å². The Hall–Kier alpha value is -1.09. The smallest absolute Gasteiger partial charge is 0.254 e. The molecule has 0 heterocycles. The predicted molar refractivity (Wildman–Crippen MR) is 65.7 cm³/mol. The fourth-order valence-electron chi connectivity index (χ4n) is 2.18. The van der Waals surface area contributed by atoms with Gasteiger partial charge in [0, 0.05) is 11.1 Å². The molecule has 1 aromatic rings. The molecule has 0 radical (unpaired) electrons. The Labute approximate surface area is 105 Å². The molecule has 0 saturated heterocycles. The highest BCUT2D eigenvalue weighted by Gasteiger charge is 2.18. The molecular formula is C13H15ClFNO. The van der Waals surface area contributed by atoms with Crippen molar-refractivity contribution in [3.8, 4) is 0 Å². The molecule has 4 heteroatoms. The van der Waals surface area contributed by atoms with Crippen LogP contribution in [0.5, 0.6) is 0 Å². The van der Waals surface area contributed by atoms with Crippen LogP contribution in [0.4, 0.5) is 4.39 Å². The number of carbonyl (C=O) groups is 1. The first kappa shape index (κ1) is 12.4. The minimum atomic E-state index is -0.564. The minimum Gasteiger partial charge on any atom is -0.349 e. The summed E-state index contributed by atoms with van der Waals surface area (Å²) in [5.41, 5.74) is 0.0694. The van der Waals surface area contributed by atoms with Crippen LogP contribution in [-0.2, 0) is 0 Å². The highest BCUT2D eigenvalue weighted by Crippen LogP contribution is 2.19. The first-order valence-electron chi connectivity index (χ1n) is 5.93. The van der Waals surface area contributed by atoms with Crippen LogP contribution in [0.3, 0.4) is 0 Å². The van der Waals surface area contributed by atoms with Crippen molar-refractivity contribution < 1.29 is 9.18 Å². The van der Waals surface area contributed by atoms with Crippen molar-refractivity contribution in [1.29, 1.82) is 0 Å². The van der Waals surface area contributed by atoms with E-state index in [1.165, 1.54) is 18.6 Å². The van der Waals surface area contributed by atoms with Gasteiger partial charge < -0.3 is 5.32 Å². The van der Waals surface area contributed by atoms with Gasteiger partial charge in [-0.05, 0) is 31.0 Å². The molecule has 1 saturated carbocycles. The normalized spacial score (nSPS) is 16.8. The zero-order chi connectivity index (χ0) is 12.3. The molecule has 1 fully saturated rings. The Morgan fingerprint density at radius 1 is 1.29 bits per heavy atom. The number of nitrogens with one attached hydrogen (secondary N) is 1. The Bertz CT molecular complexity index is 416. The van der Waals surface area contributed by atoms with E-state index in [2.05, 4.69) is 5.32 Å². The van der Waals surface area contributed by atoms with Crippen molar-refractivity contribution in [2.45, 2.75) is 38.1 Å². The summed E-state index contributed by atoms with van der Waals surface area (Å²) in [6.07, 6.45) is 5.46. The van der Waals surface area contributed by atoms with Gasteiger partial charge in [-0.2, -0.15) is 0 Å². The molecule has 0 unspecified atom stereocenters. The van der Waals surface area contributed by atoms with Crippen LogP contribution in [-0.4, -0.2) is 11.9 Å². The maximum atomic E-state index is 13.5. The van der Waals surface area contributed by atoms with Crippen molar-refractivity contribution in [1.82, 2.24) is 5.32 Å². The van der Waals surface area contributed by atoms with Gasteiger partial charge in [-0.3, -0.25) is 4.79 Å². The summed E-state index contributed by atoms with van der Waals surface area (Å²) in [6, 6.07) is 4.31. The summed E-state index contributed by atoms with van der Waals surface area (Å²) in [4.78, 5) is 11.9. The van der Waals surface area contributed by atoms with Gasteiger partial charge in [-0.25, -0.2) is 4.39 Å². The Morgan fingerprint density at radius 3 is 2.65 bits per heavy atom. The third-order valence-electron chi connectivity index (χ3n) is 3.12. The molecule has 1 aliphatic rings. The standard InChI is InChI=1S/C13H15ClFNO/c14-9-6-7-11(12(15)8-9)13(17)16-10-4-2-1-3-5-10/h6-8,10H,1-5H2,(H,16,17). The van der Waals surface area contributed by atoms with Gasteiger partial charge >= 0.3 is 0 Å². The zero-order valence-corrected chi connectivity index (χ0v) is 10.3. The monoisotopic (exact) mass is 255 g/mol. The fourth-order valence-corrected chi connectivity index (χ4v) is 2.34. The second kappa shape index (κ2) is 5.50. The second-order valence-electron chi connectivity index (χ2n) is 4.43. The van der Waals surface area contributed by atoms with E-state index in [0.717, 1.165) is 31.7 Å². The number of benzene rings is 1. The van der Waals surface area contributed by atoms with Crippen molar-refractivity contribution in [3.05, 3.63) is 34.6 Å². The molecule has 92 valence electrons. The largest absolute Gasteiger partial charge is 0.349 e. The number of amides is 1. The molecule has 0 aromatic heterocycles. The predicted octanol–water partition coefficient (Wildman–Crippen LogP) is 3.54. The molecule has 0 atom stereocenters. The van der Waals surface area contributed by atoms with Crippen molar-refractivity contribution in [2.75, 3.05) is 0 Å². The van der Waals surface area contributed by atoms with Gasteiger partial charge in [-0.1, -0.05) is 30.9 Å². The number of hydrogen-bond donors (Lipinski definition) is 1. The second-order valence-corrected chi connectivity index (χ2v) is 4.87. The van der Waals surface area contributed by atoms with Crippen LogP contribution in [0.25, 0.3) is 0 Å². The summed E-state index contributed by atoms with van der Waals surface area (Å²) < 4.78 is 13.5. The molecule has 1 amide bonds. The number of rotatable bonds is 2. The summed E-state index contributed by atoms with van der Waals surface area (Å²) in [6.45, 7) is 0. The minimum absolute atomic E-state index is 0.0694. The topological polar surface area (TPSA) is 29.1 Å². The Kier molecular flexibility index (Phi) is 4.00. The van der Waals surface area contributed by atoms with Crippen LogP contribution in [0.2, 0.25) is 5.02 Å². The van der Waals surface area contributed by atoms with Gasteiger partial charge in [0.25, 0.3) is 5.91 Å². The van der Waals surface area contributed by atoms with E-state index in [0.29, 0.717) is 5.02 Å². The lowest BCUT2D eigenvalue weighted by Crippen LogP contribution is -2.36. The Morgan fingerprint density at radius 2 is 2.00 bits per heavy atom. The van der Waals surface area contributed by atoms with Gasteiger partial charge in [0.1, 0.15) is 5.82 Å². The maximum Gasteiger partial charge on any atom is 0.254 e. The van der Waals surface area contributed by atoms with Gasteiger partial charge in [0.2, 0.25) is 0 Å². The van der Waals surface area contributed by atoms with Crippen LogP contribution in [0.1, 0.15) is 42.5 Å². The van der Waals surface area contributed by atoms with E-state index in [4.69, 9.17) is 11.6 Å². The van der Waals surface area contributed by atoms with E-state index >= 15 is 0 Å². The van der Waals surface area contributed by atoms with E-state index in [-0.39, 0.29) is 17.5 Å².